The van der Waals surface area contributed by atoms with E-state index in [1.54, 1.807) is 0 Å². The lowest BCUT2D eigenvalue weighted by Crippen LogP contribution is -2.29. The van der Waals surface area contributed by atoms with Gasteiger partial charge in [0, 0.05) is 17.6 Å². The molecular weight excluding hydrogens is 210 g/mol. The molecule has 1 unspecified atom stereocenters. The van der Waals surface area contributed by atoms with Gasteiger partial charge in [0.05, 0.1) is 5.52 Å². The molecule has 3 heteroatoms. The number of benzene rings is 1. The molecule has 0 aliphatic carbocycles. The Morgan fingerprint density at radius 3 is 2.76 bits per heavy atom. The van der Waals surface area contributed by atoms with Gasteiger partial charge in [-0.2, -0.15) is 0 Å². The van der Waals surface area contributed by atoms with E-state index in [9.17, 15) is 0 Å². The minimum absolute atomic E-state index is 0.183. The Morgan fingerprint density at radius 2 is 2.06 bits per heavy atom. The van der Waals surface area contributed by atoms with Crippen LogP contribution in [0.4, 0.5) is 0 Å². The van der Waals surface area contributed by atoms with Crippen LogP contribution in [0.5, 0.6) is 0 Å². The summed E-state index contributed by atoms with van der Waals surface area (Å²) in [5.41, 5.74) is 5.16. The van der Waals surface area contributed by atoms with E-state index < -0.39 is 0 Å². The number of hydrazine groups is 1. The van der Waals surface area contributed by atoms with Gasteiger partial charge < -0.3 is 0 Å². The lowest BCUT2D eigenvalue weighted by molar-refractivity contribution is 0.440. The van der Waals surface area contributed by atoms with Crippen molar-refractivity contribution in [3.05, 3.63) is 42.1 Å². The van der Waals surface area contributed by atoms with E-state index in [0.717, 1.165) is 11.9 Å². The normalized spacial score (nSPS) is 13.2. The Balaban J connectivity index is 2.46. The highest BCUT2D eigenvalue weighted by molar-refractivity contribution is 5.82. The van der Waals surface area contributed by atoms with Crippen LogP contribution < -0.4 is 11.3 Å². The predicted octanol–water partition coefficient (Wildman–Crippen LogP) is 2.79. The molecule has 1 heterocycles. The first-order valence-corrected chi connectivity index (χ1v) is 6.02. The quantitative estimate of drug-likeness (QED) is 0.626. The molecule has 17 heavy (non-hydrogen) atoms. The molecule has 0 aliphatic heterocycles. The fourth-order valence-corrected chi connectivity index (χ4v) is 2.19. The summed E-state index contributed by atoms with van der Waals surface area (Å²) in [7, 11) is 0. The van der Waals surface area contributed by atoms with Crippen LogP contribution in [-0.4, -0.2) is 4.98 Å². The van der Waals surface area contributed by atoms with Gasteiger partial charge in [0.1, 0.15) is 0 Å². The fourth-order valence-electron chi connectivity index (χ4n) is 2.19. The summed E-state index contributed by atoms with van der Waals surface area (Å²) in [6.45, 7) is 4.40. The van der Waals surface area contributed by atoms with Crippen LogP contribution in [0, 0.1) is 5.92 Å². The number of aromatic nitrogens is 1. The Labute approximate surface area is 102 Å². The maximum atomic E-state index is 5.67. The van der Waals surface area contributed by atoms with Gasteiger partial charge in [0.25, 0.3) is 0 Å². The summed E-state index contributed by atoms with van der Waals surface area (Å²) in [5.74, 6) is 6.27. The summed E-state index contributed by atoms with van der Waals surface area (Å²) >= 11 is 0. The highest BCUT2D eigenvalue weighted by Crippen LogP contribution is 2.26. The average Bonchev–Trinajstić information content (AvgIpc) is 2.35. The zero-order valence-electron chi connectivity index (χ0n) is 10.4. The van der Waals surface area contributed by atoms with E-state index in [4.69, 9.17) is 5.84 Å². The predicted molar refractivity (Wildman–Crippen MR) is 71.3 cm³/mol. The van der Waals surface area contributed by atoms with E-state index in [0.29, 0.717) is 5.92 Å². The Bertz CT molecular complexity index is 488. The van der Waals surface area contributed by atoms with Crippen molar-refractivity contribution in [3.8, 4) is 0 Å². The molecule has 0 bridgehead atoms. The highest BCUT2D eigenvalue weighted by atomic mass is 15.2. The van der Waals surface area contributed by atoms with Crippen LogP contribution in [0.2, 0.25) is 0 Å². The van der Waals surface area contributed by atoms with Crippen LogP contribution in [-0.2, 0) is 0 Å². The van der Waals surface area contributed by atoms with Crippen LogP contribution in [0.3, 0.4) is 0 Å². The molecule has 1 aromatic heterocycles. The Kier molecular flexibility index (Phi) is 3.71. The van der Waals surface area contributed by atoms with E-state index in [1.165, 1.54) is 10.9 Å². The molecule has 1 aromatic carbocycles. The van der Waals surface area contributed by atoms with Gasteiger partial charge in [0.15, 0.2) is 0 Å². The van der Waals surface area contributed by atoms with Crippen molar-refractivity contribution >= 4 is 10.9 Å². The second kappa shape index (κ2) is 5.25. The van der Waals surface area contributed by atoms with E-state index in [2.05, 4.69) is 36.4 Å². The second-order valence-corrected chi connectivity index (χ2v) is 4.77. The lowest BCUT2D eigenvalue weighted by Gasteiger charge is -2.20. The van der Waals surface area contributed by atoms with Crippen molar-refractivity contribution in [2.45, 2.75) is 26.3 Å². The monoisotopic (exact) mass is 229 g/mol. The fraction of sp³-hybridized carbons (Fsp3) is 0.357. The zero-order chi connectivity index (χ0) is 12.3. The zero-order valence-corrected chi connectivity index (χ0v) is 10.4. The summed E-state index contributed by atoms with van der Waals surface area (Å²) in [6, 6.07) is 10.4. The number of nitrogens with zero attached hydrogens (tertiary/aromatic N) is 1. The Morgan fingerprint density at radius 1 is 1.24 bits per heavy atom. The van der Waals surface area contributed by atoms with Crippen molar-refractivity contribution in [2.24, 2.45) is 11.8 Å². The van der Waals surface area contributed by atoms with Gasteiger partial charge in [-0.15, -0.1) is 0 Å². The SMILES string of the molecule is CC(C)CC(NN)c1cccc2ncccc12. The number of hydrogen-bond acceptors (Lipinski definition) is 3. The number of hydrogen-bond donors (Lipinski definition) is 2. The van der Waals surface area contributed by atoms with Crippen LogP contribution in [0.25, 0.3) is 10.9 Å². The number of nitrogens with one attached hydrogen (secondary N) is 1. The molecule has 0 saturated heterocycles. The molecule has 90 valence electrons. The summed E-state index contributed by atoms with van der Waals surface area (Å²) in [6.07, 6.45) is 2.84. The number of fused-ring (bicyclic) bond motifs is 1. The molecule has 2 rings (SSSR count). The van der Waals surface area contributed by atoms with Crippen molar-refractivity contribution in [2.75, 3.05) is 0 Å². The third-order valence-corrected chi connectivity index (χ3v) is 2.96. The lowest BCUT2D eigenvalue weighted by atomic mass is 9.94. The molecule has 0 fully saturated rings. The van der Waals surface area contributed by atoms with E-state index >= 15 is 0 Å². The average molecular weight is 229 g/mol. The maximum absolute atomic E-state index is 5.67. The van der Waals surface area contributed by atoms with Gasteiger partial charge in [-0.1, -0.05) is 32.0 Å². The summed E-state index contributed by atoms with van der Waals surface area (Å²) in [5, 5.41) is 1.18. The van der Waals surface area contributed by atoms with Crippen LogP contribution in [0.1, 0.15) is 31.9 Å². The summed E-state index contributed by atoms with van der Waals surface area (Å²) in [4.78, 5) is 4.37. The molecule has 3 nitrogen and oxygen atoms in total. The summed E-state index contributed by atoms with van der Waals surface area (Å²) < 4.78 is 0. The van der Waals surface area contributed by atoms with Crippen molar-refractivity contribution in [1.82, 2.24) is 10.4 Å². The minimum atomic E-state index is 0.183. The molecular formula is C14H19N3. The van der Waals surface area contributed by atoms with Gasteiger partial charge in [0.2, 0.25) is 0 Å². The van der Waals surface area contributed by atoms with E-state index in [-0.39, 0.29) is 6.04 Å². The number of nitrogens with two attached hydrogens (primary N) is 1. The molecule has 0 aliphatic rings. The van der Waals surface area contributed by atoms with E-state index in [1.807, 2.05) is 24.4 Å². The largest absolute Gasteiger partial charge is 0.271 e. The third-order valence-electron chi connectivity index (χ3n) is 2.96. The molecule has 1 atom stereocenters. The molecule has 0 spiro atoms. The second-order valence-electron chi connectivity index (χ2n) is 4.77. The highest BCUT2D eigenvalue weighted by Gasteiger charge is 2.14. The molecule has 3 N–H and O–H groups in total. The first-order valence-electron chi connectivity index (χ1n) is 6.02. The van der Waals surface area contributed by atoms with Crippen LogP contribution >= 0.6 is 0 Å². The van der Waals surface area contributed by atoms with Crippen LogP contribution in [0.15, 0.2) is 36.5 Å². The third kappa shape index (κ3) is 2.62. The van der Waals surface area contributed by atoms with Gasteiger partial charge in [-0.05, 0) is 30.0 Å². The minimum Gasteiger partial charge on any atom is -0.271 e. The smallest absolute Gasteiger partial charge is 0.0705 e. The molecule has 2 aromatic rings. The van der Waals surface area contributed by atoms with Crippen molar-refractivity contribution in [1.29, 1.82) is 0 Å². The standard InChI is InChI=1S/C14H19N3/c1-10(2)9-14(17-15)12-5-3-7-13-11(12)6-4-8-16-13/h3-8,10,14,17H,9,15H2,1-2H3. The Hall–Kier alpha value is -1.45. The van der Waals surface area contributed by atoms with Crippen molar-refractivity contribution in [3.63, 3.8) is 0 Å². The first kappa shape index (κ1) is 12.0. The van der Waals surface area contributed by atoms with Gasteiger partial charge >= 0.3 is 0 Å². The maximum Gasteiger partial charge on any atom is 0.0705 e. The number of pyridine rings is 1. The molecule has 0 saturated carbocycles. The van der Waals surface area contributed by atoms with Gasteiger partial charge in [-0.25, -0.2) is 0 Å². The van der Waals surface area contributed by atoms with Crippen molar-refractivity contribution < 1.29 is 0 Å². The topological polar surface area (TPSA) is 50.9 Å². The first-order chi connectivity index (χ1) is 8.22. The molecule has 0 amide bonds. The molecule has 0 radical (unpaired) electrons. The number of rotatable bonds is 4. The van der Waals surface area contributed by atoms with Gasteiger partial charge in [-0.3, -0.25) is 16.3 Å².